The van der Waals surface area contributed by atoms with Crippen molar-refractivity contribution in [3.8, 4) is 11.4 Å². The van der Waals surface area contributed by atoms with Crippen LogP contribution in [-0.4, -0.2) is 36.4 Å². The normalized spacial score (nSPS) is 17.5. The maximum atomic E-state index is 11.7. The molecule has 1 aliphatic rings. The van der Waals surface area contributed by atoms with Crippen molar-refractivity contribution in [1.82, 2.24) is 14.9 Å². The van der Waals surface area contributed by atoms with Gasteiger partial charge in [-0.2, -0.15) is 0 Å². The molecular weight excluding hydrogens is 506 g/mol. The van der Waals surface area contributed by atoms with Crippen molar-refractivity contribution in [3.63, 3.8) is 0 Å². The zero-order valence-electron chi connectivity index (χ0n) is 20.6. The van der Waals surface area contributed by atoms with Gasteiger partial charge in [0.2, 0.25) is 10.0 Å². The first kappa shape index (κ1) is 24.8. The van der Waals surface area contributed by atoms with Crippen molar-refractivity contribution >= 4 is 38.7 Å². The zero-order chi connectivity index (χ0) is 26.2. The second kappa shape index (κ2) is 9.87. The number of nitrogens with zero attached hydrogens (tertiary/aromatic N) is 3. The van der Waals surface area contributed by atoms with E-state index in [1.54, 1.807) is 25.4 Å². The lowest BCUT2D eigenvalue weighted by Crippen LogP contribution is -2.30. The van der Waals surface area contributed by atoms with Crippen LogP contribution in [0.15, 0.2) is 85.1 Å². The predicted octanol–water partition coefficient (Wildman–Crippen LogP) is 4.74. The van der Waals surface area contributed by atoms with Crippen LogP contribution in [-0.2, 0) is 10.0 Å². The Bertz CT molecular complexity index is 1520. The Morgan fingerprint density at radius 3 is 2.30 bits per heavy atom. The molecule has 0 saturated carbocycles. The third-order valence-electron chi connectivity index (χ3n) is 6.29. The Balaban J connectivity index is 1.62. The first-order chi connectivity index (χ1) is 17.7. The summed E-state index contributed by atoms with van der Waals surface area (Å²) in [5, 5.41) is 4.04. The summed E-state index contributed by atoms with van der Waals surface area (Å²) in [6.07, 6.45) is 2.91. The minimum Gasteiger partial charge on any atom is -0.497 e. The average molecular weight is 534 g/mol. The van der Waals surface area contributed by atoms with Crippen LogP contribution in [0.2, 0.25) is 0 Å². The Morgan fingerprint density at radius 2 is 1.68 bits per heavy atom. The molecular formula is C27H27N5O3S2. The highest BCUT2D eigenvalue weighted by Crippen LogP contribution is 2.43. The summed E-state index contributed by atoms with van der Waals surface area (Å²) in [6.45, 7) is 2.07. The van der Waals surface area contributed by atoms with Gasteiger partial charge in [-0.05, 0) is 91.9 Å². The molecule has 0 amide bonds. The van der Waals surface area contributed by atoms with Crippen LogP contribution >= 0.6 is 12.2 Å². The number of methoxy groups -OCH3 is 1. The first-order valence-corrected chi connectivity index (χ1v) is 14.0. The summed E-state index contributed by atoms with van der Waals surface area (Å²) in [6, 6.07) is 24.7. The summed E-state index contributed by atoms with van der Waals surface area (Å²) in [4.78, 5) is 6.70. The zero-order valence-corrected chi connectivity index (χ0v) is 22.3. The van der Waals surface area contributed by atoms with Crippen LogP contribution in [0.5, 0.6) is 5.75 Å². The molecule has 190 valence electrons. The average Bonchev–Trinajstić information content (AvgIpc) is 3.43. The van der Waals surface area contributed by atoms with Gasteiger partial charge in [-0.1, -0.05) is 6.07 Å². The fourth-order valence-electron chi connectivity index (χ4n) is 4.71. The highest BCUT2D eigenvalue weighted by molar-refractivity contribution is 7.92. The fourth-order valence-corrected chi connectivity index (χ4v) is 5.62. The van der Waals surface area contributed by atoms with E-state index in [0.29, 0.717) is 10.8 Å². The van der Waals surface area contributed by atoms with E-state index in [4.69, 9.17) is 17.0 Å². The Morgan fingerprint density at radius 1 is 0.973 bits per heavy atom. The molecule has 2 N–H and O–H groups in total. The Kier molecular flexibility index (Phi) is 6.61. The molecule has 0 aliphatic carbocycles. The van der Waals surface area contributed by atoms with E-state index in [9.17, 15) is 8.42 Å². The molecule has 2 aromatic carbocycles. The van der Waals surface area contributed by atoms with Gasteiger partial charge in [-0.25, -0.2) is 8.42 Å². The number of hydrogen-bond donors (Lipinski definition) is 2. The fraction of sp³-hybridized carbons (Fsp3) is 0.185. The molecule has 0 spiro atoms. The van der Waals surface area contributed by atoms with Crippen molar-refractivity contribution in [3.05, 3.63) is 102 Å². The van der Waals surface area contributed by atoms with Crippen molar-refractivity contribution in [1.29, 1.82) is 0 Å². The summed E-state index contributed by atoms with van der Waals surface area (Å²) in [7, 11) is -1.73. The van der Waals surface area contributed by atoms with Gasteiger partial charge in [0, 0.05) is 34.6 Å². The Hall–Kier alpha value is -3.89. The van der Waals surface area contributed by atoms with Crippen molar-refractivity contribution < 1.29 is 13.2 Å². The van der Waals surface area contributed by atoms with E-state index in [0.717, 1.165) is 40.5 Å². The van der Waals surface area contributed by atoms with Crippen LogP contribution in [0, 0.1) is 6.92 Å². The second-order valence-corrected chi connectivity index (χ2v) is 11.0. The lowest BCUT2D eigenvalue weighted by molar-refractivity contribution is 0.414. The quantitative estimate of drug-likeness (QED) is 0.332. The number of rotatable bonds is 7. The minimum atomic E-state index is -3.38. The maximum Gasteiger partial charge on any atom is 0.229 e. The number of hydrogen-bond acceptors (Lipinski definition) is 5. The maximum absolute atomic E-state index is 11.7. The standard InChI is InChI=1S/C27H27N5O3S2/c1-18-7-16-24(31(18)20-12-14-22(35-2)15-13-20)26-25(23-6-4-5-17-28-23)29-27(36)32(26)21-10-8-19(9-11-21)30-37(3,33)34/h4-17,25-26,30H,1-3H3,(H,29,36)/t25-,26+/m0/s1. The smallest absolute Gasteiger partial charge is 0.229 e. The van der Waals surface area contributed by atoms with E-state index in [1.807, 2.05) is 54.6 Å². The molecule has 10 heteroatoms. The van der Waals surface area contributed by atoms with Gasteiger partial charge in [0.1, 0.15) is 11.8 Å². The van der Waals surface area contributed by atoms with Gasteiger partial charge in [0.05, 0.1) is 25.1 Å². The number of thiocarbonyl (C=S) groups is 1. The van der Waals surface area contributed by atoms with Gasteiger partial charge >= 0.3 is 0 Å². The molecule has 8 nitrogen and oxygen atoms in total. The molecule has 5 rings (SSSR count). The van der Waals surface area contributed by atoms with E-state index in [2.05, 4.69) is 43.5 Å². The number of pyridine rings is 1. The summed E-state index contributed by atoms with van der Waals surface area (Å²) in [5.41, 5.74) is 5.30. The van der Waals surface area contributed by atoms with Crippen LogP contribution in [0.25, 0.3) is 5.69 Å². The van der Waals surface area contributed by atoms with Crippen LogP contribution in [0.1, 0.15) is 29.2 Å². The number of aryl methyl sites for hydroxylation is 1. The summed E-state index contributed by atoms with van der Waals surface area (Å²) >= 11 is 5.85. The molecule has 2 aromatic heterocycles. The summed E-state index contributed by atoms with van der Waals surface area (Å²) in [5.74, 6) is 0.787. The largest absolute Gasteiger partial charge is 0.497 e. The molecule has 1 aliphatic heterocycles. The Labute approximate surface area is 222 Å². The van der Waals surface area contributed by atoms with Gasteiger partial charge in [0.15, 0.2) is 5.11 Å². The van der Waals surface area contributed by atoms with E-state index in [-0.39, 0.29) is 12.1 Å². The number of anilines is 2. The van der Waals surface area contributed by atoms with E-state index >= 15 is 0 Å². The van der Waals surface area contributed by atoms with Gasteiger partial charge < -0.3 is 19.5 Å². The van der Waals surface area contributed by atoms with Crippen molar-refractivity contribution in [2.45, 2.75) is 19.0 Å². The molecule has 2 atom stereocenters. The van der Waals surface area contributed by atoms with E-state index in [1.165, 1.54) is 0 Å². The van der Waals surface area contributed by atoms with Gasteiger partial charge in [0.25, 0.3) is 0 Å². The first-order valence-electron chi connectivity index (χ1n) is 11.7. The molecule has 0 bridgehead atoms. The number of benzene rings is 2. The SMILES string of the molecule is COc1ccc(-n2c(C)ccc2[C@@H]2[C@H](c3ccccn3)NC(=S)N2c2ccc(NS(C)(=O)=O)cc2)cc1. The summed E-state index contributed by atoms with van der Waals surface area (Å²) < 4.78 is 33.4. The van der Waals surface area contributed by atoms with E-state index < -0.39 is 10.0 Å². The van der Waals surface area contributed by atoms with Crippen LogP contribution < -0.4 is 19.7 Å². The number of aromatic nitrogens is 2. The second-order valence-electron chi connectivity index (χ2n) is 8.85. The molecule has 1 saturated heterocycles. The van der Waals surface area contributed by atoms with Gasteiger partial charge in [-0.3, -0.25) is 9.71 Å². The molecule has 3 heterocycles. The monoisotopic (exact) mass is 533 g/mol. The lowest BCUT2D eigenvalue weighted by Gasteiger charge is -2.29. The topological polar surface area (TPSA) is 88.5 Å². The molecule has 4 aromatic rings. The number of sulfonamides is 1. The third-order valence-corrected chi connectivity index (χ3v) is 7.21. The lowest BCUT2D eigenvalue weighted by atomic mass is 10.0. The number of ether oxygens (including phenoxy) is 1. The highest BCUT2D eigenvalue weighted by atomic mass is 32.2. The third kappa shape index (κ3) is 5.03. The molecule has 0 unspecified atom stereocenters. The highest BCUT2D eigenvalue weighted by Gasteiger charge is 2.42. The molecule has 0 radical (unpaired) electrons. The number of nitrogens with one attached hydrogen (secondary N) is 2. The minimum absolute atomic E-state index is 0.214. The van der Waals surface area contributed by atoms with Crippen molar-refractivity contribution in [2.75, 3.05) is 23.0 Å². The van der Waals surface area contributed by atoms with Crippen LogP contribution in [0.3, 0.4) is 0 Å². The predicted molar refractivity (Wildman–Crippen MR) is 150 cm³/mol. The van der Waals surface area contributed by atoms with Crippen molar-refractivity contribution in [2.24, 2.45) is 0 Å². The van der Waals surface area contributed by atoms with Crippen LogP contribution in [0.4, 0.5) is 11.4 Å². The molecule has 37 heavy (non-hydrogen) atoms. The molecule has 1 fully saturated rings. The van der Waals surface area contributed by atoms with Gasteiger partial charge in [-0.15, -0.1) is 0 Å².